The van der Waals surface area contributed by atoms with Gasteiger partial charge in [-0.15, -0.1) is 6.58 Å². The first kappa shape index (κ1) is 25.0. The molecule has 0 spiro atoms. The molecule has 0 amide bonds. The van der Waals surface area contributed by atoms with E-state index in [0.29, 0.717) is 6.61 Å². The van der Waals surface area contributed by atoms with Gasteiger partial charge in [-0.25, -0.2) is 0 Å². The molecule has 1 aromatic rings. The van der Waals surface area contributed by atoms with Crippen LogP contribution in [0.2, 0.25) is 0 Å². The lowest BCUT2D eigenvalue weighted by Gasteiger charge is -2.10. The number of rotatable bonds is 20. The first-order chi connectivity index (χ1) is 14.7. The second-order valence-corrected chi connectivity index (χ2v) is 9.45. The molecule has 1 saturated heterocycles. The van der Waals surface area contributed by atoms with Crippen molar-refractivity contribution in [3.8, 4) is 5.75 Å². The number of ether oxygens (including phenoxy) is 2. The maximum Gasteiger partial charge on any atom is 0.123 e. The second kappa shape index (κ2) is 15.5. The van der Waals surface area contributed by atoms with E-state index in [2.05, 4.69) is 37.8 Å². The van der Waals surface area contributed by atoms with Gasteiger partial charge < -0.3 is 9.47 Å². The first-order valence-electron chi connectivity index (χ1n) is 12.7. The predicted molar refractivity (Wildman–Crippen MR) is 129 cm³/mol. The monoisotopic (exact) mass is 414 g/mol. The summed E-state index contributed by atoms with van der Waals surface area (Å²) in [5.74, 6) is 0.983. The Morgan fingerprint density at radius 2 is 1.40 bits per heavy atom. The number of hydrogen-bond acceptors (Lipinski definition) is 2. The molecule has 0 bridgehead atoms. The van der Waals surface area contributed by atoms with E-state index in [1.165, 1.54) is 108 Å². The van der Waals surface area contributed by atoms with Crippen LogP contribution >= 0.6 is 0 Å². The molecule has 2 rings (SSSR count). The van der Waals surface area contributed by atoms with Gasteiger partial charge in [0, 0.05) is 0 Å². The normalized spacial score (nSPS) is 17.8. The summed E-state index contributed by atoms with van der Waals surface area (Å²) in [5, 5.41) is 0. The van der Waals surface area contributed by atoms with Gasteiger partial charge in [0.1, 0.15) is 18.0 Å². The van der Waals surface area contributed by atoms with Gasteiger partial charge in [0.05, 0.1) is 6.61 Å². The Labute approximate surface area is 186 Å². The van der Waals surface area contributed by atoms with E-state index in [1.807, 2.05) is 6.08 Å². The van der Waals surface area contributed by atoms with Gasteiger partial charge in [0.15, 0.2) is 0 Å². The van der Waals surface area contributed by atoms with Crippen LogP contribution in [0.15, 0.2) is 36.9 Å². The van der Waals surface area contributed by atoms with Crippen molar-refractivity contribution in [3.05, 3.63) is 42.5 Å². The Bertz CT molecular complexity index is 562. The topological polar surface area (TPSA) is 21.8 Å². The summed E-state index contributed by atoms with van der Waals surface area (Å²) < 4.78 is 11.3. The maximum atomic E-state index is 5.88. The van der Waals surface area contributed by atoms with E-state index >= 15 is 0 Å². The molecule has 2 nitrogen and oxygen atoms in total. The highest BCUT2D eigenvalue weighted by Gasteiger charge is 2.40. The van der Waals surface area contributed by atoms with Crippen molar-refractivity contribution >= 4 is 0 Å². The van der Waals surface area contributed by atoms with Gasteiger partial charge in [-0.2, -0.15) is 0 Å². The van der Waals surface area contributed by atoms with E-state index in [-0.39, 0.29) is 5.60 Å². The zero-order chi connectivity index (χ0) is 21.3. The molecule has 1 unspecified atom stereocenters. The zero-order valence-electron chi connectivity index (χ0n) is 19.6. The van der Waals surface area contributed by atoms with Gasteiger partial charge in [-0.3, -0.25) is 0 Å². The van der Waals surface area contributed by atoms with E-state index < -0.39 is 0 Å². The third-order valence-corrected chi connectivity index (χ3v) is 6.20. The van der Waals surface area contributed by atoms with Crippen LogP contribution < -0.4 is 4.74 Å². The molecule has 1 atom stereocenters. The minimum Gasteiger partial charge on any atom is -0.490 e. The lowest BCUT2D eigenvalue weighted by atomic mass is 10.0. The highest BCUT2D eigenvalue weighted by molar-refractivity contribution is 5.28. The van der Waals surface area contributed by atoms with E-state index in [1.54, 1.807) is 0 Å². The number of epoxide rings is 1. The SMILES string of the molecule is C=CCCCCCCCCCCCCCCCCc1cccc(OCC2(C)CO2)c1. The summed E-state index contributed by atoms with van der Waals surface area (Å²) in [4.78, 5) is 0. The third-order valence-electron chi connectivity index (χ3n) is 6.20. The van der Waals surface area contributed by atoms with Crippen LogP contribution in [0.5, 0.6) is 5.75 Å². The van der Waals surface area contributed by atoms with Gasteiger partial charge in [0.25, 0.3) is 0 Å². The van der Waals surface area contributed by atoms with Crippen LogP contribution in [0.25, 0.3) is 0 Å². The van der Waals surface area contributed by atoms with Crippen molar-refractivity contribution in [2.45, 2.75) is 115 Å². The van der Waals surface area contributed by atoms with Crippen LogP contribution in [0.1, 0.15) is 109 Å². The van der Waals surface area contributed by atoms with Crippen LogP contribution in [0.4, 0.5) is 0 Å². The summed E-state index contributed by atoms with van der Waals surface area (Å²) in [7, 11) is 0. The van der Waals surface area contributed by atoms with Gasteiger partial charge >= 0.3 is 0 Å². The third kappa shape index (κ3) is 12.4. The quantitative estimate of drug-likeness (QED) is 0.121. The summed E-state index contributed by atoms with van der Waals surface area (Å²) >= 11 is 0. The molecule has 0 saturated carbocycles. The average molecular weight is 415 g/mol. The standard InChI is InChI=1S/C28H46O2/c1-3-4-5-6-7-8-9-10-11-12-13-14-15-16-17-18-20-26-21-19-22-27(23-26)29-24-28(2)25-30-28/h3,19,21-23H,1,4-18,20,24-25H2,2H3. The lowest BCUT2D eigenvalue weighted by molar-refractivity contribution is 0.202. The zero-order valence-corrected chi connectivity index (χ0v) is 19.6. The minimum atomic E-state index is -0.0405. The van der Waals surface area contributed by atoms with E-state index in [0.717, 1.165) is 12.4 Å². The Hall–Kier alpha value is -1.28. The molecular formula is C28H46O2. The smallest absolute Gasteiger partial charge is 0.123 e. The van der Waals surface area contributed by atoms with Crippen molar-refractivity contribution in [2.75, 3.05) is 13.2 Å². The molecule has 2 heteroatoms. The summed E-state index contributed by atoms with van der Waals surface area (Å²) in [6.07, 6.45) is 24.0. The van der Waals surface area contributed by atoms with Crippen LogP contribution in [-0.4, -0.2) is 18.8 Å². The molecular weight excluding hydrogens is 368 g/mol. The minimum absolute atomic E-state index is 0.0405. The Kier molecular flexibility index (Phi) is 12.9. The van der Waals surface area contributed by atoms with Crippen molar-refractivity contribution in [3.63, 3.8) is 0 Å². The summed E-state index contributed by atoms with van der Waals surface area (Å²) in [5.41, 5.74) is 1.36. The second-order valence-electron chi connectivity index (χ2n) is 9.45. The number of unbranched alkanes of at least 4 members (excludes halogenated alkanes) is 14. The fourth-order valence-electron chi connectivity index (χ4n) is 3.97. The fourth-order valence-corrected chi connectivity index (χ4v) is 3.97. The van der Waals surface area contributed by atoms with Crippen LogP contribution in [-0.2, 0) is 11.2 Å². The molecule has 0 aromatic heterocycles. The molecule has 30 heavy (non-hydrogen) atoms. The number of aryl methyl sites for hydroxylation is 1. The molecule has 1 heterocycles. The van der Waals surface area contributed by atoms with E-state index in [4.69, 9.17) is 9.47 Å². The highest BCUT2D eigenvalue weighted by Crippen LogP contribution is 2.27. The fraction of sp³-hybridized carbons (Fsp3) is 0.714. The van der Waals surface area contributed by atoms with Gasteiger partial charge in [0.2, 0.25) is 0 Å². The Morgan fingerprint density at radius 3 is 1.93 bits per heavy atom. The molecule has 1 aromatic carbocycles. The predicted octanol–water partition coefficient (Wildman–Crippen LogP) is 8.43. The number of hydrogen-bond donors (Lipinski definition) is 0. The molecule has 1 aliphatic heterocycles. The maximum absolute atomic E-state index is 5.88. The molecule has 1 aliphatic rings. The number of benzene rings is 1. The molecule has 1 fully saturated rings. The number of allylic oxidation sites excluding steroid dienone is 1. The summed E-state index contributed by atoms with van der Waals surface area (Å²) in [6, 6.07) is 8.60. The van der Waals surface area contributed by atoms with Crippen LogP contribution in [0.3, 0.4) is 0 Å². The Balaban J connectivity index is 1.34. The van der Waals surface area contributed by atoms with Crippen LogP contribution in [0, 0.1) is 0 Å². The van der Waals surface area contributed by atoms with E-state index in [9.17, 15) is 0 Å². The summed E-state index contributed by atoms with van der Waals surface area (Å²) in [6.45, 7) is 7.37. The van der Waals surface area contributed by atoms with Gasteiger partial charge in [-0.1, -0.05) is 95.3 Å². The lowest BCUT2D eigenvalue weighted by Crippen LogP contribution is -2.16. The average Bonchev–Trinajstić information content (AvgIpc) is 3.50. The molecule has 0 aliphatic carbocycles. The highest BCUT2D eigenvalue weighted by atomic mass is 16.6. The van der Waals surface area contributed by atoms with Crippen molar-refractivity contribution in [2.24, 2.45) is 0 Å². The Morgan fingerprint density at radius 1 is 0.867 bits per heavy atom. The molecule has 170 valence electrons. The van der Waals surface area contributed by atoms with Crippen molar-refractivity contribution < 1.29 is 9.47 Å². The molecule has 0 radical (unpaired) electrons. The van der Waals surface area contributed by atoms with Gasteiger partial charge in [-0.05, 0) is 50.3 Å². The van der Waals surface area contributed by atoms with Crippen molar-refractivity contribution in [1.29, 1.82) is 0 Å². The first-order valence-corrected chi connectivity index (χ1v) is 12.7. The largest absolute Gasteiger partial charge is 0.490 e. The molecule has 0 N–H and O–H groups in total. The van der Waals surface area contributed by atoms with Crippen molar-refractivity contribution in [1.82, 2.24) is 0 Å².